The highest BCUT2D eigenvalue weighted by atomic mass is 32.2. The van der Waals surface area contributed by atoms with Gasteiger partial charge >= 0.3 is 10.1 Å². The van der Waals surface area contributed by atoms with Gasteiger partial charge in [0.05, 0.1) is 16.9 Å². The van der Waals surface area contributed by atoms with E-state index in [1.54, 1.807) is 0 Å². The Morgan fingerprint density at radius 3 is 2.31 bits per heavy atom. The fourth-order valence-electron chi connectivity index (χ4n) is 1.06. The van der Waals surface area contributed by atoms with Crippen LogP contribution in [0.15, 0.2) is 29.2 Å². The molecule has 0 saturated carbocycles. The average Bonchev–Trinajstić information content (AvgIpc) is 2.15. The second-order valence-corrected chi connectivity index (χ2v) is 7.02. The molecule has 0 aliphatic rings. The van der Waals surface area contributed by atoms with Crippen molar-refractivity contribution in [3.8, 4) is 5.75 Å². The second kappa shape index (κ2) is 4.42. The fourth-order valence-corrected chi connectivity index (χ4v) is 2.43. The molecule has 1 aromatic carbocycles. The van der Waals surface area contributed by atoms with Crippen LogP contribution in [0.25, 0.3) is 0 Å². The maximum Gasteiger partial charge on any atom is 0.306 e. The lowest BCUT2D eigenvalue weighted by Gasteiger charge is -2.05. The maximum atomic E-state index is 11.5. The Morgan fingerprint density at radius 2 is 1.81 bits per heavy atom. The lowest BCUT2D eigenvalue weighted by atomic mass is 10.3. The summed E-state index contributed by atoms with van der Waals surface area (Å²) in [6.07, 6.45) is 0.897. The van der Waals surface area contributed by atoms with E-state index in [1.807, 2.05) is 0 Å². The van der Waals surface area contributed by atoms with E-state index in [-0.39, 0.29) is 16.4 Å². The molecule has 0 spiro atoms. The first-order chi connectivity index (χ1) is 7.24. The zero-order chi connectivity index (χ0) is 12.4. The minimum Gasteiger partial charge on any atom is -0.383 e. The van der Waals surface area contributed by atoms with Crippen molar-refractivity contribution in [2.75, 3.05) is 12.0 Å². The van der Waals surface area contributed by atoms with Gasteiger partial charge < -0.3 is 4.18 Å². The summed E-state index contributed by atoms with van der Waals surface area (Å²) < 4.78 is 49.3. The zero-order valence-corrected chi connectivity index (χ0v) is 10.5. The molecule has 1 rings (SSSR count). The van der Waals surface area contributed by atoms with Crippen LogP contribution in [0.4, 0.5) is 0 Å². The van der Waals surface area contributed by atoms with Crippen molar-refractivity contribution in [2.24, 2.45) is 0 Å². The van der Waals surface area contributed by atoms with Gasteiger partial charge in [-0.2, -0.15) is 8.42 Å². The summed E-state index contributed by atoms with van der Waals surface area (Å²) in [6, 6.07) is 5.41. The van der Waals surface area contributed by atoms with Crippen LogP contribution >= 0.6 is 0 Å². The Morgan fingerprint density at radius 1 is 1.19 bits per heavy atom. The molecule has 0 amide bonds. The van der Waals surface area contributed by atoms with E-state index in [0.29, 0.717) is 0 Å². The van der Waals surface area contributed by atoms with Gasteiger partial charge in [-0.15, -0.1) is 0 Å². The van der Waals surface area contributed by atoms with Crippen LogP contribution in [0.1, 0.15) is 6.92 Å². The molecule has 1 aromatic rings. The average molecular weight is 264 g/mol. The van der Waals surface area contributed by atoms with Crippen molar-refractivity contribution in [3.63, 3.8) is 0 Å². The van der Waals surface area contributed by atoms with Gasteiger partial charge in [-0.1, -0.05) is 13.0 Å². The quantitative estimate of drug-likeness (QED) is 0.752. The minimum atomic E-state index is -3.64. The van der Waals surface area contributed by atoms with Gasteiger partial charge in [-0.3, -0.25) is 0 Å². The van der Waals surface area contributed by atoms with E-state index >= 15 is 0 Å². The summed E-state index contributed by atoms with van der Waals surface area (Å²) >= 11 is 0. The highest BCUT2D eigenvalue weighted by Crippen LogP contribution is 2.19. The maximum absolute atomic E-state index is 11.5. The van der Waals surface area contributed by atoms with E-state index in [9.17, 15) is 16.8 Å². The van der Waals surface area contributed by atoms with Crippen LogP contribution in [0.3, 0.4) is 0 Å². The molecule has 0 radical (unpaired) electrons. The van der Waals surface area contributed by atoms with Crippen LogP contribution in [0.2, 0.25) is 0 Å². The normalized spacial score (nSPS) is 12.4. The minimum absolute atomic E-state index is 0.00275. The predicted molar refractivity (Wildman–Crippen MR) is 59.6 cm³/mol. The van der Waals surface area contributed by atoms with E-state index in [0.717, 1.165) is 6.26 Å². The summed E-state index contributed by atoms with van der Waals surface area (Å²) in [4.78, 5) is 0.0520. The summed E-state index contributed by atoms with van der Waals surface area (Å²) in [7, 11) is -6.99. The largest absolute Gasteiger partial charge is 0.383 e. The summed E-state index contributed by atoms with van der Waals surface area (Å²) in [6.45, 7) is 1.51. The summed E-state index contributed by atoms with van der Waals surface area (Å²) in [5.74, 6) is -0.0491. The first kappa shape index (κ1) is 13.0. The Bertz CT molecular complexity index is 572. The lowest BCUT2D eigenvalue weighted by molar-refractivity contribution is 0.492. The van der Waals surface area contributed by atoms with Gasteiger partial charge in [0.1, 0.15) is 5.75 Å². The molecule has 0 atom stereocenters. The van der Waals surface area contributed by atoms with Crippen molar-refractivity contribution in [1.29, 1.82) is 0 Å². The topological polar surface area (TPSA) is 77.5 Å². The molecular weight excluding hydrogens is 252 g/mol. The Labute approximate surface area is 95.1 Å². The van der Waals surface area contributed by atoms with Gasteiger partial charge in [-0.05, 0) is 12.1 Å². The molecule has 0 unspecified atom stereocenters. The third-order valence-electron chi connectivity index (χ3n) is 1.79. The highest BCUT2D eigenvalue weighted by Gasteiger charge is 2.13. The first-order valence-electron chi connectivity index (χ1n) is 4.47. The number of sulfone groups is 1. The molecule has 7 heteroatoms. The van der Waals surface area contributed by atoms with E-state index < -0.39 is 20.0 Å². The molecule has 0 aliphatic carbocycles. The number of benzene rings is 1. The molecular formula is C9H12O5S2. The Hall–Kier alpha value is -1.08. The van der Waals surface area contributed by atoms with Crippen LogP contribution in [0.5, 0.6) is 5.75 Å². The van der Waals surface area contributed by atoms with E-state index in [1.165, 1.54) is 31.2 Å². The Kier molecular flexibility index (Phi) is 3.59. The van der Waals surface area contributed by atoms with E-state index in [4.69, 9.17) is 0 Å². The molecule has 90 valence electrons. The van der Waals surface area contributed by atoms with Crippen LogP contribution < -0.4 is 4.18 Å². The van der Waals surface area contributed by atoms with Gasteiger partial charge in [0.2, 0.25) is 0 Å². The van der Waals surface area contributed by atoms with Crippen molar-refractivity contribution in [3.05, 3.63) is 24.3 Å². The Balaban J connectivity index is 3.15. The zero-order valence-electron chi connectivity index (χ0n) is 8.87. The number of hydrogen-bond acceptors (Lipinski definition) is 5. The lowest BCUT2D eigenvalue weighted by Crippen LogP contribution is -2.07. The summed E-state index contributed by atoms with van der Waals surface area (Å²) in [5, 5.41) is 0. The van der Waals surface area contributed by atoms with E-state index in [2.05, 4.69) is 4.18 Å². The monoisotopic (exact) mass is 264 g/mol. The third-order valence-corrected chi connectivity index (χ3v) is 4.02. The molecule has 0 fully saturated rings. The molecule has 5 nitrogen and oxygen atoms in total. The number of rotatable bonds is 4. The van der Waals surface area contributed by atoms with Gasteiger partial charge in [0.25, 0.3) is 0 Å². The fraction of sp³-hybridized carbons (Fsp3) is 0.333. The molecule has 0 aliphatic heterocycles. The second-order valence-electron chi connectivity index (χ2n) is 3.17. The van der Waals surface area contributed by atoms with Crippen LogP contribution in [0, 0.1) is 0 Å². The van der Waals surface area contributed by atoms with Gasteiger partial charge in [0, 0.05) is 6.07 Å². The molecule has 0 N–H and O–H groups in total. The highest BCUT2D eigenvalue weighted by molar-refractivity contribution is 7.91. The SMILES string of the molecule is CCS(=O)(=O)c1cccc(OS(C)(=O)=O)c1. The molecule has 0 heterocycles. The number of hydrogen-bond donors (Lipinski definition) is 0. The molecule has 0 bridgehead atoms. The molecule has 0 saturated heterocycles. The summed E-state index contributed by atoms with van der Waals surface area (Å²) in [5.41, 5.74) is 0. The van der Waals surface area contributed by atoms with Gasteiger partial charge in [-0.25, -0.2) is 8.42 Å². The van der Waals surface area contributed by atoms with Crippen molar-refractivity contribution < 1.29 is 21.0 Å². The first-order valence-corrected chi connectivity index (χ1v) is 7.94. The smallest absolute Gasteiger partial charge is 0.306 e. The van der Waals surface area contributed by atoms with Crippen molar-refractivity contribution in [2.45, 2.75) is 11.8 Å². The van der Waals surface area contributed by atoms with Crippen LogP contribution in [-0.4, -0.2) is 28.8 Å². The van der Waals surface area contributed by atoms with Crippen LogP contribution in [-0.2, 0) is 20.0 Å². The molecule has 16 heavy (non-hydrogen) atoms. The standard InChI is InChI=1S/C9H12O5S2/c1-3-16(12,13)9-6-4-5-8(7-9)14-15(2,10)11/h4-7H,3H2,1-2H3. The van der Waals surface area contributed by atoms with Gasteiger partial charge in [0.15, 0.2) is 9.84 Å². The van der Waals surface area contributed by atoms with Crippen molar-refractivity contribution in [1.82, 2.24) is 0 Å². The predicted octanol–water partition coefficient (Wildman–Crippen LogP) is 0.819. The third kappa shape index (κ3) is 3.49. The molecule has 0 aromatic heterocycles. The van der Waals surface area contributed by atoms with Crippen molar-refractivity contribution >= 4 is 20.0 Å².